The lowest BCUT2D eigenvalue weighted by molar-refractivity contribution is 0.0304. The van der Waals surface area contributed by atoms with Crippen LogP contribution in [-0.2, 0) is 4.74 Å². The molecule has 2 rings (SSSR count). The van der Waals surface area contributed by atoms with E-state index in [2.05, 4.69) is 6.92 Å². The lowest BCUT2D eigenvalue weighted by Crippen LogP contribution is -2.22. The summed E-state index contributed by atoms with van der Waals surface area (Å²) in [5, 5.41) is 10.7. The van der Waals surface area contributed by atoms with E-state index in [0.717, 1.165) is 41.9 Å². The first kappa shape index (κ1) is 14.4. The zero-order chi connectivity index (χ0) is 14.0. The molecule has 0 radical (unpaired) electrons. The Kier molecular flexibility index (Phi) is 4.48. The van der Waals surface area contributed by atoms with Crippen LogP contribution >= 0.6 is 0 Å². The van der Waals surface area contributed by atoms with Crippen molar-refractivity contribution >= 4 is 0 Å². The first-order valence-electron chi connectivity index (χ1n) is 7.03. The smallest absolute Gasteiger partial charge is 0.122 e. The summed E-state index contributed by atoms with van der Waals surface area (Å²) in [6.07, 6.45) is 1.62. The molecule has 1 aromatic carbocycles. The molecule has 1 heterocycles. The maximum absolute atomic E-state index is 10.7. The maximum atomic E-state index is 10.7. The number of ether oxygens (including phenoxy) is 2. The van der Waals surface area contributed by atoms with Crippen LogP contribution in [0.2, 0.25) is 0 Å². The van der Waals surface area contributed by atoms with Gasteiger partial charge in [-0.2, -0.15) is 0 Å². The summed E-state index contributed by atoms with van der Waals surface area (Å²) in [7, 11) is 1.68. The number of benzene rings is 1. The fourth-order valence-electron chi connectivity index (χ4n) is 3.03. The summed E-state index contributed by atoms with van der Waals surface area (Å²) in [6, 6.07) is 4.05. The SMILES string of the molecule is CCC1OCCC1C(O)c1cc(C)c(OC)cc1C. The van der Waals surface area contributed by atoms with Crippen molar-refractivity contribution in [3.63, 3.8) is 0 Å². The highest BCUT2D eigenvalue weighted by atomic mass is 16.5. The molecule has 0 saturated carbocycles. The van der Waals surface area contributed by atoms with Crippen LogP contribution in [0.3, 0.4) is 0 Å². The number of hydrogen-bond donors (Lipinski definition) is 1. The van der Waals surface area contributed by atoms with Gasteiger partial charge in [0.15, 0.2) is 0 Å². The average Bonchev–Trinajstić information content (AvgIpc) is 2.88. The van der Waals surface area contributed by atoms with Crippen LogP contribution in [0, 0.1) is 19.8 Å². The van der Waals surface area contributed by atoms with Gasteiger partial charge in [0.05, 0.1) is 19.3 Å². The first-order valence-corrected chi connectivity index (χ1v) is 7.03. The zero-order valence-corrected chi connectivity index (χ0v) is 12.3. The molecule has 0 spiro atoms. The van der Waals surface area contributed by atoms with Crippen LogP contribution in [0.1, 0.15) is 42.6 Å². The van der Waals surface area contributed by atoms with E-state index in [1.54, 1.807) is 7.11 Å². The second-order valence-electron chi connectivity index (χ2n) is 5.39. The largest absolute Gasteiger partial charge is 0.496 e. The van der Waals surface area contributed by atoms with Crippen molar-refractivity contribution in [2.45, 2.75) is 45.8 Å². The summed E-state index contributed by atoms with van der Waals surface area (Å²) >= 11 is 0. The highest BCUT2D eigenvalue weighted by Crippen LogP contribution is 2.37. The van der Waals surface area contributed by atoms with Crippen molar-refractivity contribution in [3.8, 4) is 5.75 Å². The molecule has 1 aliphatic heterocycles. The molecule has 0 amide bonds. The number of rotatable bonds is 4. The Balaban J connectivity index is 2.28. The highest BCUT2D eigenvalue weighted by Gasteiger charge is 2.34. The van der Waals surface area contributed by atoms with E-state index >= 15 is 0 Å². The van der Waals surface area contributed by atoms with Crippen molar-refractivity contribution in [1.29, 1.82) is 0 Å². The van der Waals surface area contributed by atoms with E-state index in [1.807, 2.05) is 26.0 Å². The molecule has 3 unspecified atom stereocenters. The molecule has 1 aromatic rings. The Labute approximate surface area is 115 Å². The Morgan fingerprint density at radius 2 is 2.11 bits per heavy atom. The van der Waals surface area contributed by atoms with Crippen LogP contribution < -0.4 is 4.74 Å². The number of methoxy groups -OCH3 is 1. The van der Waals surface area contributed by atoms with Crippen LogP contribution in [0.15, 0.2) is 12.1 Å². The van der Waals surface area contributed by atoms with Gasteiger partial charge in [-0.15, -0.1) is 0 Å². The molecule has 106 valence electrons. The fourth-order valence-corrected chi connectivity index (χ4v) is 3.03. The van der Waals surface area contributed by atoms with E-state index in [4.69, 9.17) is 9.47 Å². The summed E-state index contributed by atoms with van der Waals surface area (Å²) in [4.78, 5) is 0. The Hall–Kier alpha value is -1.06. The van der Waals surface area contributed by atoms with E-state index in [1.165, 1.54) is 0 Å². The molecule has 1 aliphatic rings. The normalized spacial score (nSPS) is 24.5. The molecule has 3 nitrogen and oxygen atoms in total. The van der Waals surface area contributed by atoms with Crippen molar-refractivity contribution < 1.29 is 14.6 Å². The minimum Gasteiger partial charge on any atom is -0.496 e. The van der Waals surface area contributed by atoms with Crippen molar-refractivity contribution in [3.05, 3.63) is 28.8 Å². The molecule has 0 aliphatic carbocycles. The van der Waals surface area contributed by atoms with Gasteiger partial charge in [0.25, 0.3) is 0 Å². The molecule has 19 heavy (non-hydrogen) atoms. The number of aryl methyl sites for hydroxylation is 2. The zero-order valence-electron chi connectivity index (χ0n) is 12.3. The molecule has 3 heteroatoms. The lowest BCUT2D eigenvalue weighted by Gasteiger charge is -2.25. The number of hydrogen-bond acceptors (Lipinski definition) is 3. The topological polar surface area (TPSA) is 38.7 Å². The molecule has 0 bridgehead atoms. The summed E-state index contributed by atoms with van der Waals surface area (Å²) in [5.74, 6) is 1.08. The summed E-state index contributed by atoms with van der Waals surface area (Å²) in [5.41, 5.74) is 3.15. The van der Waals surface area contributed by atoms with E-state index in [-0.39, 0.29) is 12.0 Å². The molecule has 1 fully saturated rings. The Morgan fingerprint density at radius 3 is 2.74 bits per heavy atom. The van der Waals surface area contributed by atoms with Crippen molar-refractivity contribution in [1.82, 2.24) is 0 Å². The van der Waals surface area contributed by atoms with Gasteiger partial charge in [-0.1, -0.05) is 6.92 Å². The molecule has 1 N–H and O–H groups in total. The molecular weight excluding hydrogens is 240 g/mol. The Morgan fingerprint density at radius 1 is 1.37 bits per heavy atom. The van der Waals surface area contributed by atoms with Gasteiger partial charge in [0, 0.05) is 12.5 Å². The van der Waals surface area contributed by atoms with Crippen LogP contribution in [0.25, 0.3) is 0 Å². The number of aliphatic hydroxyl groups is 1. The molecule has 1 saturated heterocycles. The van der Waals surface area contributed by atoms with E-state index in [0.29, 0.717) is 0 Å². The van der Waals surface area contributed by atoms with Gasteiger partial charge in [-0.3, -0.25) is 0 Å². The van der Waals surface area contributed by atoms with E-state index in [9.17, 15) is 5.11 Å². The van der Waals surface area contributed by atoms with Crippen LogP contribution in [-0.4, -0.2) is 24.9 Å². The van der Waals surface area contributed by atoms with Gasteiger partial charge >= 0.3 is 0 Å². The quantitative estimate of drug-likeness (QED) is 0.908. The number of aliphatic hydroxyl groups excluding tert-OH is 1. The summed E-state index contributed by atoms with van der Waals surface area (Å²) in [6.45, 7) is 6.91. The van der Waals surface area contributed by atoms with Gasteiger partial charge in [-0.05, 0) is 55.5 Å². The third-order valence-electron chi connectivity index (χ3n) is 4.17. The predicted octanol–water partition coefficient (Wildman–Crippen LogP) is 3.16. The van der Waals surface area contributed by atoms with Gasteiger partial charge in [-0.25, -0.2) is 0 Å². The third kappa shape index (κ3) is 2.77. The van der Waals surface area contributed by atoms with Gasteiger partial charge in [0.2, 0.25) is 0 Å². The maximum Gasteiger partial charge on any atom is 0.122 e. The second kappa shape index (κ2) is 5.93. The highest BCUT2D eigenvalue weighted by molar-refractivity contribution is 5.42. The van der Waals surface area contributed by atoms with Crippen molar-refractivity contribution in [2.75, 3.05) is 13.7 Å². The van der Waals surface area contributed by atoms with Crippen LogP contribution in [0.5, 0.6) is 5.75 Å². The minimum absolute atomic E-state index is 0.178. The third-order valence-corrected chi connectivity index (χ3v) is 4.17. The minimum atomic E-state index is -0.447. The van der Waals surface area contributed by atoms with E-state index < -0.39 is 6.10 Å². The molecular formula is C16H24O3. The average molecular weight is 264 g/mol. The molecule has 3 atom stereocenters. The van der Waals surface area contributed by atoms with Crippen LogP contribution in [0.4, 0.5) is 0 Å². The fraction of sp³-hybridized carbons (Fsp3) is 0.625. The molecule has 0 aromatic heterocycles. The Bertz CT molecular complexity index is 442. The predicted molar refractivity (Wildman–Crippen MR) is 75.6 cm³/mol. The monoisotopic (exact) mass is 264 g/mol. The standard InChI is InChI=1S/C16H24O3/c1-5-14-12(6-7-19-14)16(17)13-8-11(3)15(18-4)9-10(13)2/h8-9,12,14,16-17H,5-7H2,1-4H3. The van der Waals surface area contributed by atoms with Gasteiger partial charge < -0.3 is 14.6 Å². The summed E-state index contributed by atoms with van der Waals surface area (Å²) < 4.78 is 11.0. The lowest BCUT2D eigenvalue weighted by atomic mass is 9.86. The van der Waals surface area contributed by atoms with Crippen molar-refractivity contribution in [2.24, 2.45) is 5.92 Å². The second-order valence-corrected chi connectivity index (χ2v) is 5.39. The van der Waals surface area contributed by atoms with Gasteiger partial charge in [0.1, 0.15) is 5.75 Å². The first-order chi connectivity index (χ1) is 9.08.